The van der Waals surface area contributed by atoms with Gasteiger partial charge in [0.1, 0.15) is 19.8 Å². The maximum atomic E-state index is 12.6. The van der Waals surface area contributed by atoms with Gasteiger partial charge in [-0.2, -0.15) is 0 Å². The van der Waals surface area contributed by atoms with Gasteiger partial charge in [-0.1, -0.05) is 150 Å². The number of carbonyl (C=O) groups is 2. The first kappa shape index (κ1) is 54.2. The van der Waals surface area contributed by atoms with Gasteiger partial charge in [-0.25, -0.2) is 0 Å². The Bertz CT molecular complexity index is 1240. The number of carbonyl (C=O) groups excluding carboxylic acids is 2. The molecule has 0 aromatic rings. The summed E-state index contributed by atoms with van der Waals surface area (Å²) in [5.74, 6) is -0.886. The highest BCUT2D eigenvalue weighted by molar-refractivity contribution is 7.45. The minimum atomic E-state index is -4.63. The van der Waals surface area contributed by atoms with Crippen molar-refractivity contribution in [2.24, 2.45) is 0 Å². The summed E-state index contributed by atoms with van der Waals surface area (Å²) < 4.78 is 33.7. The van der Waals surface area contributed by atoms with Crippen molar-refractivity contribution in [3.63, 3.8) is 0 Å². The molecule has 9 nitrogen and oxygen atoms in total. The molecule has 0 heterocycles. The summed E-state index contributed by atoms with van der Waals surface area (Å²) in [6.07, 6.45) is 49.1. The summed E-state index contributed by atoms with van der Waals surface area (Å²) in [5, 5.41) is 0. The van der Waals surface area contributed by atoms with Crippen molar-refractivity contribution in [3.8, 4) is 0 Å². The number of allylic oxidation sites excluding steroid dienone is 14. The smallest absolute Gasteiger partial charge is 0.306 e. The van der Waals surface area contributed by atoms with Crippen LogP contribution in [-0.4, -0.2) is 70.0 Å². The molecule has 2 atom stereocenters. The molecule has 0 aliphatic rings. The first-order valence-corrected chi connectivity index (χ1v) is 23.3. The van der Waals surface area contributed by atoms with Crippen LogP contribution >= 0.6 is 7.82 Å². The molecule has 0 bridgehead atoms. The highest BCUT2D eigenvalue weighted by atomic mass is 31.2. The van der Waals surface area contributed by atoms with Gasteiger partial charge in [0, 0.05) is 12.8 Å². The summed E-state index contributed by atoms with van der Waals surface area (Å²) in [6.45, 7) is 4.01. The standard InChI is InChI=1S/C47H80NO8P/c1-6-8-10-12-14-16-17-18-19-20-21-22-23-24-25-26-27-28-29-30-31-32-34-36-38-40-47(50)56-45(44-55-57(51,52)54-42-41-48(3,4)5)43-53-46(49)39-37-35-33-15-13-11-9-7-2/h8,10,14,16,18-19,21-22,24-25,27-28,30-31,45H,6-7,9,11-13,15,17,20,23,26,29,32-44H2,1-5H3/b10-8-,16-14-,19-18-,22-21-,25-24-,28-27-,31-30-. The summed E-state index contributed by atoms with van der Waals surface area (Å²) >= 11 is 0. The van der Waals surface area contributed by atoms with Gasteiger partial charge in [0.15, 0.2) is 6.10 Å². The Kier molecular flexibility index (Phi) is 36.8. The second-order valence-electron chi connectivity index (χ2n) is 15.3. The molecule has 10 heteroatoms. The quantitative estimate of drug-likeness (QED) is 0.0199. The molecule has 0 saturated heterocycles. The van der Waals surface area contributed by atoms with E-state index in [4.69, 9.17) is 18.5 Å². The second-order valence-corrected chi connectivity index (χ2v) is 16.7. The van der Waals surface area contributed by atoms with Crippen LogP contribution in [0.2, 0.25) is 0 Å². The Morgan fingerprint density at radius 3 is 1.49 bits per heavy atom. The highest BCUT2D eigenvalue weighted by Gasteiger charge is 2.21. The molecule has 0 amide bonds. The maximum absolute atomic E-state index is 12.6. The molecule has 326 valence electrons. The van der Waals surface area contributed by atoms with E-state index in [1.807, 2.05) is 21.1 Å². The zero-order chi connectivity index (χ0) is 42.1. The van der Waals surface area contributed by atoms with Crippen LogP contribution in [0.4, 0.5) is 0 Å². The monoisotopic (exact) mass is 818 g/mol. The molecule has 2 unspecified atom stereocenters. The van der Waals surface area contributed by atoms with E-state index in [-0.39, 0.29) is 26.1 Å². The fraction of sp³-hybridized carbons (Fsp3) is 0.660. The average Bonchev–Trinajstić information content (AvgIpc) is 3.16. The third kappa shape index (κ3) is 42.6. The molecule has 0 aromatic carbocycles. The molecule has 0 radical (unpaired) electrons. The number of nitrogens with zero attached hydrogens (tertiary/aromatic N) is 1. The van der Waals surface area contributed by atoms with Crippen LogP contribution in [0, 0.1) is 0 Å². The third-order valence-electron chi connectivity index (χ3n) is 8.68. The lowest BCUT2D eigenvalue weighted by Crippen LogP contribution is -2.37. The number of esters is 2. The summed E-state index contributed by atoms with van der Waals surface area (Å²) in [7, 11) is 1.13. The van der Waals surface area contributed by atoms with Gasteiger partial charge in [-0.05, 0) is 70.6 Å². The SMILES string of the molecule is CC/C=C\C/C=C\C/C=C\C/C=C\C/C=C\C/C=C\C/C=C\CCCCCC(=O)OC(COC(=O)CCCCCCCCCC)COP(=O)([O-])OCC[N+](C)(C)C. The predicted molar refractivity (Wildman–Crippen MR) is 236 cm³/mol. The number of hydrogen-bond donors (Lipinski definition) is 0. The van der Waals surface area contributed by atoms with Crippen LogP contribution in [0.1, 0.15) is 149 Å². The van der Waals surface area contributed by atoms with Crippen molar-refractivity contribution in [2.45, 2.75) is 155 Å². The van der Waals surface area contributed by atoms with E-state index in [1.165, 1.54) is 25.7 Å². The minimum Gasteiger partial charge on any atom is -0.756 e. The number of likely N-dealkylation sites (N-methyl/N-ethyl adjacent to an activating group) is 1. The van der Waals surface area contributed by atoms with Gasteiger partial charge < -0.3 is 27.9 Å². The Balaban J connectivity index is 4.35. The van der Waals surface area contributed by atoms with Crippen molar-refractivity contribution >= 4 is 19.8 Å². The zero-order valence-corrected chi connectivity index (χ0v) is 37.4. The Morgan fingerprint density at radius 2 is 1.00 bits per heavy atom. The molecule has 0 spiro atoms. The molecule has 0 aliphatic carbocycles. The molecule has 57 heavy (non-hydrogen) atoms. The number of unbranched alkanes of at least 4 members (excludes halogenated alkanes) is 10. The fourth-order valence-electron chi connectivity index (χ4n) is 5.28. The molecule has 0 fully saturated rings. The molecule has 0 aliphatic heterocycles. The van der Waals surface area contributed by atoms with Gasteiger partial charge in [0.05, 0.1) is 27.7 Å². The van der Waals surface area contributed by atoms with Crippen molar-refractivity contribution in [1.82, 2.24) is 0 Å². The van der Waals surface area contributed by atoms with Crippen molar-refractivity contribution < 1.29 is 42.1 Å². The van der Waals surface area contributed by atoms with Gasteiger partial charge in [-0.15, -0.1) is 0 Å². The van der Waals surface area contributed by atoms with Gasteiger partial charge in [0.2, 0.25) is 0 Å². The summed E-state index contributed by atoms with van der Waals surface area (Å²) in [5.41, 5.74) is 0. The van der Waals surface area contributed by atoms with Crippen molar-refractivity contribution in [2.75, 3.05) is 47.5 Å². The van der Waals surface area contributed by atoms with Crippen LogP contribution in [0.15, 0.2) is 85.1 Å². The van der Waals surface area contributed by atoms with E-state index in [1.54, 1.807) is 0 Å². The lowest BCUT2D eigenvalue weighted by atomic mass is 10.1. The molecule has 0 aromatic heterocycles. The van der Waals surface area contributed by atoms with E-state index in [2.05, 4.69) is 98.9 Å². The largest absolute Gasteiger partial charge is 0.756 e. The third-order valence-corrected chi connectivity index (χ3v) is 9.64. The maximum Gasteiger partial charge on any atom is 0.306 e. The number of hydrogen-bond acceptors (Lipinski definition) is 8. The predicted octanol–water partition coefficient (Wildman–Crippen LogP) is 11.8. The number of phosphoric acid groups is 1. The lowest BCUT2D eigenvalue weighted by Gasteiger charge is -2.28. The number of quaternary nitrogens is 1. The highest BCUT2D eigenvalue weighted by Crippen LogP contribution is 2.38. The van der Waals surface area contributed by atoms with Crippen molar-refractivity contribution in [1.29, 1.82) is 0 Å². The van der Waals surface area contributed by atoms with Crippen LogP contribution < -0.4 is 4.89 Å². The molecule has 0 N–H and O–H groups in total. The fourth-order valence-corrected chi connectivity index (χ4v) is 6.01. The normalized spacial score (nSPS) is 14.4. The Labute approximate surface area is 348 Å². The number of ether oxygens (including phenoxy) is 2. The average molecular weight is 818 g/mol. The van der Waals surface area contributed by atoms with Gasteiger partial charge in [0.25, 0.3) is 7.82 Å². The first-order valence-electron chi connectivity index (χ1n) is 21.8. The number of rotatable bonds is 38. The zero-order valence-electron chi connectivity index (χ0n) is 36.5. The molecular weight excluding hydrogens is 737 g/mol. The molecular formula is C47H80NO8P. The van der Waals surface area contributed by atoms with Gasteiger partial charge in [-0.3, -0.25) is 14.2 Å². The summed E-state index contributed by atoms with van der Waals surface area (Å²) in [4.78, 5) is 37.3. The second kappa shape index (κ2) is 38.7. The van der Waals surface area contributed by atoms with Crippen LogP contribution in [0.5, 0.6) is 0 Å². The molecule has 0 rings (SSSR count). The Hall–Kier alpha value is -2.81. The van der Waals surface area contributed by atoms with Crippen LogP contribution in [0.3, 0.4) is 0 Å². The van der Waals surface area contributed by atoms with E-state index in [0.717, 1.165) is 89.9 Å². The van der Waals surface area contributed by atoms with E-state index >= 15 is 0 Å². The lowest BCUT2D eigenvalue weighted by molar-refractivity contribution is -0.870. The van der Waals surface area contributed by atoms with E-state index in [0.29, 0.717) is 17.4 Å². The van der Waals surface area contributed by atoms with Gasteiger partial charge >= 0.3 is 11.9 Å². The first-order chi connectivity index (χ1) is 27.5. The van der Waals surface area contributed by atoms with E-state index < -0.39 is 32.5 Å². The van der Waals surface area contributed by atoms with Crippen LogP contribution in [0.25, 0.3) is 0 Å². The summed E-state index contributed by atoms with van der Waals surface area (Å²) in [6, 6.07) is 0. The Morgan fingerprint density at radius 1 is 0.561 bits per heavy atom. The topological polar surface area (TPSA) is 111 Å². The minimum absolute atomic E-state index is 0.0416. The van der Waals surface area contributed by atoms with Crippen molar-refractivity contribution in [3.05, 3.63) is 85.1 Å². The van der Waals surface area contributed by atoms with E-state index in [9.17, 15) is 19.0 Å². The number of phosphoric ester groups is 1. The van der Waals surface area contributed by atoms with Crippen LogP contribution in [-0.2, 0) is 32.7 Å². The molecule has 0 saturated carbocycles.